The largest absolute Gasteiger partial charge is 0.379 e. The van der Waals surface area contributed by atoms with E-state index in [2.05, 4.69) is 32.2 Å². The molecule has 1 aromatic rings. The topological polar surface area (TPSA) is 86.4 Å². The van der Waals surface area contributed by atoms with Crippen molar-refractivity contribution in [1.82, 2.24) is 15.1 Å². The monoisotopic (exact) mass is 530 g/mol. The van der Waals surface area contributed by atoms with Gasteiger partial charge >= 0.3 is 0 Å². The number of hydrogen-bond donors (Lipinski definition) is 2. The summed E-state index contributed by atoms with van der Waals surface area (Å²) >= 11 is 0. The Labute approximate surface area is 196 Å². The highest BCUT2D eigenvalue weighted by atomic mass is 127. The highest BCUT2D eigenvalue weighted by molar-refractivity contribution is 14.0. The lowest BCUT2D eigenvalue weighted by molar-refractivity contribution is -0.131. The number of carbonyl (C=O) groups excluding carboxylic acids is 1. The number of para-hydroxylation sites is 1. The number of carbonyl (C=O) groups is 1. The number of amides is 1. The fraction of sp³-hybridized carbons (Fsp3) is 0.619. The predicted molar refractivity (Wildman–Crippen MR) is 132 cm³/mol. The maximum absolute atomic E-state index is 12.4. The van der Waals surface area contributed by atoms with Crippen LogP contribution in [0.4, 0.5) is 5.69 Å². The standard InChI is InChI=1S/C21H34N6O2.HI/c22-21(23-8-4-10-25-15-17-29-18-16-25)24-9-7-20(28)27-13-11-26(12-14-27)19-5-2-1-3-6-19;/h1-3,5-6H,4,7-18H2,(H3,22,23,24);1H. The van der Waals surface area contributed by atoms with E-state index in [9.17, 15) is 4.79 Å². The Morgan fingerprint density at radius 2 is 1.77 bits per heavy atom. The first kappa shape index (κ1) is 24.7. The molecule has 2 aliphatic heterocycles. The smallest absolute Gasteiger partial charge is 0.224 e. The average molecular weight is 530 g/mol. The lowest BCUT2D eigenvalue weighted by atomic mass is 10.2. The first-order valence-electron chi connectivity index (χ1n) is 10.6. The van der Waals surface area contributed by atoms with Crippen LogP contribution >= 0.6 is 24.0 Å². The molecule has 168 valence electrons. The number of guanidine groups is 1. The molecular weight excluding hydrogens is 495 g/mol. The summed E-state index contributed by atoms with van der Waals surface area (Å²) in [5.41, 5.74) is 7.14. The van der Waals surface area contributed by atoms with Crippen LogP contribution in [0.25, 0.3) is 0 Å². The van der Waals surface area contributed by atoms with Crippen molar-refractivity contribution in [3.63, 3.8) is 0 Å². The molecule has 0 aromatic heterocycles. The van der Waals surface area contributed by atoms with Gasteiger partial charge in [-0.3, -0.25) is 14.7 Å². The van der Waals surface area contributed by atoms with Crippen LogP contribution in [0.15, 0.2) is 35.3 Å². The van der Waals surface area contributed by atoms with Crippen LogP contribution in [0.3, 0.4) is 0 Å². The Kier molecular flexibility index (Phi) is 11.2. The Morgan fingerprint density at radius 1 is 1.07 bits per heavy atom. The molecule has 3 N–H and O–H groups in total. The van der Waals surface area contributed by atoms with E-state index in [1.54, 1.807) is 0 Å². The molecule has 30 heavy (non-hydrogen) atoms. The molecule has 2 aliphatic rings. The molecule has 0 unspecified atom stereocenters. The lowest BCUT2D eigenvalue weighted by Crippen LogP contribution is -2.49. The number of nitrogens with one attached hydrogen (secondary N) is 1. The fourth-order valence-electron chi connectivity index (χ4n) is 3.68. The summed E-state index contributed by atoms with van der Waals surface area (Å²) in [5.74, 6) is 0.596. The third-order valence-electron chi connectivity index (χ3n) is 5.42. The highest BCUT2D eigenvalue weighted by Gasteiger charge is 2.20. The summed E-state index contributed by atoms with van der Waals surface area (Å²) in [7, 11) is 0. The van der Waals surface area contributed by atoms with Crippen LogP contribution in [0.2, 0.25) is 0 Å². The molecule has 2 heterocycles. The van der Waals surface area contributed by atoms with Gasteiger partial charge in [0, 0.05) is 71.0 Å². The van der Waals surface area contributed by atoms with Gasteiger partial charge in [0.05, 0.1) is 13.2 Å². The summed E-state index contributed by atoms with van der Waals surface area (Å²) in [5, 5.41) is 3.06. The third-order valence-corrected chi connectivity index (χ3v) is 5.42. The molecule has 0 bridgehead atoms. The number of hydrogen-bond acceptors (Lipinski definition) is 5. The van der Waals surface area contributed by atoms with Crippen molar-refractivity contribution in [2.45, 2.75) is 12.8 Å². The normalized spacial score (nSPS) is 18.1. The first-order chi connectivity index (χ1) is 14.2. The number of nitrogens with zero attached hydrogens (tertiary/aromatic N) is 4. The van der Waals surface area contributed by atoms with E-state index < -0.39 is 0 Å². The lowest BCUT2D eigenvalue weighted by Gasteiger charge is -2.36. The minimum Gasteiger partial charge on any atom is -0.379 e. The minimum atomic E-state index is 0. The number of piperazine rings is 1. The maximum atomic E-state index is 12.4. The minimum absolute atomic E-state index is 0. The zero-order valence-electron chi connectivity index (χ0n) is 17.7. The fourth-order valence-corrected chi connectivity index (χ4v) is 3.68. The van der Waals surface area contributed by atoms with E-state index in [1.165, 1.54) is 5.69 Å². The van der Waals surface area contributed by atoms with E-state index in [0.29, 0.717) is 25.5 Å². The maximum Gasteiger partial charge on any atom is 0.224 e. The molecule has 2 saturated heterocycles. The van der Waals surface area contributed by atoms with Crippen LogP contribution < -0.4 is 16.0 Å². The van der Waals surface area contributed by atoms with Gasteiger partial charge in [-0.1, -0.05) is 18.2 Å². The summed E-state index contributed by atoms with van der Waals surface area (Å²) in [6.07, 6.45) is 1.42. The quantitative estimate of drug-likeness (QED) is 0.226. The molecular formula is C21H35IN6O2. The summed E-state index contributed by atoms with van der Waals surface area (Å²) in [4.78, 5) is 23.4. The zero-order chi connectivity index (χ0) is 20.3. The number of morpholine rings is 1. The van der Waals surface area contributed by atoms with Crippen molar-refractivity contribution < 1.29 is 9.53 Å². The Bertz CT molecular complexity index is 646. The molecule has 0 aliphatic carbocycles. The second kappa shape index (κ2) is 13.7. The summed E-state index contributed by atoms with van der Waals surface area (Å²) < 4.78 is 5.34. The van der Waals surface area contributed by atoms with Crippen molar-refractivity contribution in [1.29, 1.82) is 0 Å². The van der Waals surface area contributed by atoms with Gasteiger partial charge in [-0.2, -0.15) is 0 Å². The van der Waals surface area contributed by atoms with E-state index in [1.807, 2.05) is 23.1 Å². The van der Waals surface area contributed by atoms with Crippen molar-refractivity contribution >= 4 is 41.5 Å². The predicted octanol–water partition coefficient (Wildman–Crippen LogP) is 0.970. The molecule has 1 aromatic carbocycles. The van der Waals surface area contributed by atoms with Gasteiger partial charge in [-0.15, -0.1) is 24.0 Å². The van der Waals surface area contributed by atoms with E-state index in [4.69, 9.17) is 10.5 Å². The van der Waals surface area contributed by atoms with E-state index in [-0.39, 0.29) is 29.9 Å². The number of anilines is 1. The van der Waals surface area contributed by atoms with Crippen molar-refractivity contribution in [3.05, 3.63) is 30.3 Å². The van der Waals surface area contributed by atoms with Gasteiger partial charge in [-0.25, -0.2) is 0 Å². The number of ether oxygens (including phenoxy) is 1. The Hall–Kier alpha value is -1.59. The molecule has 8 nitrogen and oxygen atoms in total. The van der Waals surface area contributed by atoms with Gasteiger partial charge in [0.2, 0.25) is 5.91 Å². The van der Waals surface area contributed by atoms with Crippen LogP contribution in [-0.4, -0.2) is 93.8 Å². The number of nitrogens with two attached hydrogens (primary N) is 1. The van der Waals surface area contributed by atoms with Crippen LogP contribution in [0.5, 0.6) is 0 Å². The first-order valence-corrected chi connectivity index (χ1v) is 10.6. The second-order valence-electron chi connectivity index (χ2n) is 7.45. The van der Waals surface area contributed by atoms with E-state index in [0.717, 1.165) is 65.4 Å². The van der Waals surface area contributed by atoms with Crippen LogP contribution in [0.1, 0.15) is 12.8 Å². The third kappa shape index (κ3) is 8.27. The van der Waals surface area contributed by atoms with Gasteiger partial charge in [-0.05, 0) is 18.6 Å². The highest BCUT2D eigenvalue weighted by Crippen LogP contribution is 2.15. The van der Waals surface area contributed by atoms with Gasteiger partial charge < -0.3 is 25.6 Å². The Morgan fingerprint density at radius 3 is 2.47 bits per heavy atom. The number of rotatable bonds is 8. The molecule has 3 rings (SSSR count). The summed E-state index contributed by atoms with van der Waals surface area (Å²) in [6.45, 7) is 9.15. The molecule has 0 atom stereocenters. The number of aliphatic imine (C=N–C) groups is 1. The van der Waals surface area contributed by atoms with Crippen molar-refractivity contribution in [2.24, 2.45) is 10.7 Å². The number of benzene rings is 1. The van der Waals surface area contributed by atoms with E-state index >= 15 is 0 Å². The number of halogens is 1. The Balaban J connectivity index is 0.00000320. The molecule has 2 fully saturated rings. The van der Waals surface area contributed by atoms with Crippen molar-refractivity contribution in [3.8, 4) is 0 Å². The average Bonchev–Trinajstić information content (AvgIpc) is 2.78. The van der Waals surface area contributed by atoms with Crippen LogP contribution in [-0.2, 0) is 9.53 Å². The van der Waals surface area contributed by atoms with Gasteiger partial charge in [0.15, 0.2) is 5.96 Å². The van der Waals surface area contributed by atoms with Crippen molar-refractivity contribution in [2.75, 3.05) is 77.0 Å². The second-order valence-corrected chi connectivity index (χ2v) is 7.45. The molecule has 0 spiro atoms. The molecule has 0 radical (unpaired) electrons. The molecule has 9 heteroatoms. The summed E-state index contributed by atoms with van der Waals surface area (Å²) in [6, 6.07) is 10.4. The van der Waals surface area contributed by atoms with Gasteiger partial charge in [0.25, 0.3) is 0 Å². The molecule has 0 saturated carbocycles. The molecule has 1 amide bonds. The SMILES string of the molecule is I.NC(=NCCCN1CCOCC1)NCCC(=O)N1CCN(c2ccccc2)CC1. The van der Waals surface area contributed by atoms with Gasteiger partial charge in [0.1, 0.15) is 0 Å². The zero-order valence-corrected chi connectivity index (χ0v) is 20.0. The van der Waals surface area contributed by atoms with Crippen LogP contribution in [0, 0.1) is 0 Å².